The summed E-state index contributed by atoms with van der Waals surface area (Å²) in [6.07, 6.45) is 4.02. The Kier molecular flexibility index (Phi) is 3.05. The fourth-order valence-electron chi connectivity index (χ4n) is 2.21. The Hall–Kier alpha value is -0.900. The van der Waals surface area contributed by atoms with Crippen LogP contribution < -0.4 is 5.32 Å². The van der Waals surface area contributed by atoms with Gasteiger partial charge < -0.3 is 5.32 Å². The van der Waals surface area contributed by atoms with E-state index in [1.165, 1.54) is 0 Å². The van der Waals surface area contributed by atoms with E-state index in [1.807, 2.05) is 4.90 Å². The molecule has 1 saturated carbocycles. The smallest absolute Gasteiger partial charge is 0.237 e. The van der Waals surface area contributed by atoms with E-state index in [0.717, 1.165) is 32.2 Å². The highest BCUT2D eigenvalue weighted by molar-refractivity contribution is 5.87. The molecule has 84 valence electrons. The lowest BCUT2D eigenvalue weighted by Crippen LogP contribution is -2.44. The van der Waals surface area contributed by atoms with Crippen molar-refractivity contribution < 1.29 is 9.59 Å². The molecular formula is C11H18N2O2. The number of ketones is 1. The Morgan fingerprint density at radius 3 is 2.67 bits per heavy atom. The topological polar surface area (TPSA) is 49.4 Å². The molecule has 0 bridgehead atoms. The Bertz CT molecular complexity index is 274. The van der Waals surface area contributed by atoms with E-state index in [-0.39, 0.29) is 11.9 Å². The number of amides is 1. The summed E-state index contributed by atoms with van der Waals surface area (Å²) in [6.45, 7) is 1.36. The molecule has 0 radical (unpaired) electrons. The molecule has 2 rings (SSSR count). The number of carbonyl (C=O) groups excluding carboxylic acids is 2. The standard InChI is InChI=1S/C11H18N2O2/c1-12-11(15)9-3-2-6-13(9)7-10(14)8-4-5-8/h8-9H,2-7H2,1H3,(H,12,15). The highest BCUT2D eigenvalue weighted by Gasteiger charge is 2.35. The second-order valence-electron chi connectivity index (χ2n) is 4.48. The van der Waals surface area contributed by atoms with Gasteiger partial charge in [-0.15, -0.1) is 0 Å². The van der Waals surface area contributed by atoms with Gasteiger partial charge in [0.1, 0.15) is 5.78 Å². The zero-order valence-electron chi connectivity index (χ0n) is 9.16. The first-order valence-corrected chi connectivity index (χ1v) is 5.70. The summed E-state index contributed by atoms with van der Waals surface area (Å²) in [5.74, 6) is 0.679. The molecule has 15 heavy (non-hydrogen) atoms. The van der Waals surface area contributed by atoms with Crippen LogP contribution in [0.25, 0.3) is 0 Å². The number of hydrogen-bond acceptors (Lipinski definition) is 3. The van der Waals surface area contributed by atoms with Gasteiger partial charge in [0.2, 0.25) is 5.91 Å². The molecule has 1 unspecified atom stereocenters. The molecular weight excluding hydrogens is 192 g/mol. The molecule has 1 N–H and O–H groups in total. The van der Waals surface area contributed by atoms with Gasteiger partial charge in [0, 0.05) is 13.0 Å². The number of likely N-dealkylation sites (tertiary alicyclic amines) is 1. The van der Waals surface area contributed by atoms with Crippen molar-refractivity contribution >= 4 is 11.7 Å². The summed E-state index contributed by atoms with van der Waals surface area (Å²) in [4.78, 5) is 25.2. The van der Waals surface area contributed by atoms with Crippen LogP contribution in [0.3, 0.4) is 0 Å². The van der Waals surface area contributed by atoms with Crippen LogP contribution in [0.1, 0.15) is 25.7 Å². The van der Waals surface area contributed by atoms with Crippen molar-refractivity contribution in [3.05, 3.63) is 0 Å². The van der Waals surface area contributed by atoms with Crippen molar-refractivity contribution in [3.63, 3.8) is 0 Å². The molecule has 0 aromatic heterocycles. The molecule has 2 fully saturated rings. The van der Waals surface area contributed by atoms with E-state index in [0.29, 0.717) is 18.2 Å². The van der Waals surface area contributed by atoms with Gasteiger partial charge in [-0.25, -0.2) is 0 Å². The lowest BCUT2D eigenvalue weighted by atomic mass is 10.2. The molecule has 2 aliphatic rings. The minimum absolute atomic E-state index is 0.0519. The minimum atomic E-state index is -0.0716. The average molecular weight is 210 g/mol. The van der Waals surface area contributed by atoms with E-state index in [1.54, 1.807) is 7.05 Å². The van der Waals surface area contributed by atoms with E-state index < -0.39 is 0 Å². The fourth-order valence-corrected chi connectivity index (χ4v) is 2.21. The Morgan fingerprint density at radius 2 is 2.07 bits per heavy atom. The van der Waals surface area contributed by atoms with Gasteiger partial charge >= 0.3 is 0 Å². The monoisotopic (exact) mass is 210 g/mol. The first-order valence-electron chi connectivity index (χ1n) is 5.70. The van der Waals surface area contributed by atoms with Crippen molar-refractivity contribution in [2.75, 3.05) is 20.1 Å². The second kappa shape index (κ2) is 4.31. The number of nitrogens with one attached hydrogen (secondary N) is 1. The van der Waals surface area contributed by atoms with Crippen LogP contribution in [-0.2, 0) is 9.59 Å². The van der Waals surface area contributed by atoms with Gasteiger partial charge in [0.25, 0.3) is 0 Å². The normalized spacial score (nSPS) is 26.6. The van der Waals surface area contributed by atoms with E-state index in [2.05, 4.69) is 5.32 Å². The van der Waals surface area contributed by atoms with Crippen LogP contribution in [-0.4, -0.2) is 42.8 Å². The van der Waals surface area contributed by atoms with Gasteiger partial charge in [-0.05, 0) is 32.2 Å². The van der Waals surface area contributed by atoms with Crippen LogP contribution in [0.5, 0.6) is 0 Å². The second-order valence-corrected chi connectivity index (χ2v) is 4.48. The maximum absolute atomic E-state index is 11.6. The Balaban J connectivity index is 1.89. The maximum atomic E-state index is 11.6. The van der Waals surface area contributed by atoms with Gasteiger partial charge in [0.05, 0.1) is 12.6 Å². The Labute approximate surface area is 90.0 Å². The van der Waals surface area contributed by atoms with Gasteiger partial charge in [-0.2, -0.15) is 0 Å². The molecule has 1 heterocycles. The Morgan fingerprint density at radius 1 is 1.33 bits per heavy atom. The molecule has 0 spiro atoms. The summed E-state index contributed by atoms with van der Waals surface area (Å²) in [7, 11) is 1.65. The highest BCUT2D eigenvalue weighted by Crippen LogP contribution is 2.30. The SMILES string of the molecule is CNC(=O)C1CCCN1CC(=O)C1CC1. The maximum Gasteiger partial charge on any atom is 0.237 e. The number of rotatable bonds is 4. The molecule has 1 aliphatic carbocycles. The van der Waals surface area contributed by atoms with E-state index in [9.17, 15) is 9.59 Å². The zero-order valence-corrected chi connectivity index (χ0v) is 9.16. The van der Waals surface area contributed by atoms with Crippen molar-refractivity contribution in [3.8, 4) is 0 Å². The lowest BCUT2D eigenvalue weighted by molar-refractivity contribution is -0.127. The third-order valence-corrected chi connectivity index (χ3v) is 3.30. The molecule has 1 atom stereocenters. The molecule has 4 nitrogen and oxygen atoms in total. The third kappa shape index (κ3) is 2.37. The third-order valence-electron chi connectivity index (χ3n) is 3.30. The van der Waals surface area contributed by atoms with E-state index >= 15 is 0 Å². The minimum Gasteiger partial charge on any atom is -0.358 e. The first-order chi connectivity index (χ1) is 7.22. The average Bonchev–Trinajstić information content (AvgIpc) is 2.99. The van der Waals surface area contributed by atoms with Crippen molar-refractivity contribution in [1.82, 2.24) is 10.2 Å². The highest BCUT2D eigenvalue weighted by atomic mass is 16.2. The van der Waals surface area contributed by atoms with Crippen LogP contribution in [0, 0.1) is 5.92 Å². The van der Waals surface area contributed by atoms with Gasteiger partial charge in [-0.1, -0.05) is 0 Å². The number of carbonyl (C=O) groups is 2. The predicted molar refractivity (Wildman–Crippen MR) is 56.4 cm³/mol. The summed E-state index contributed by atoms with van der Waals surface area (Å²) < 4.78 is 0. The number of hydrogen-bond donors (Lipinski definition) is 1. The molecule has 1 aliphatic heterocycles. The summed E-state index contributed by atoms with van der Waals surface area (Å²) in [5.41, 5.74) is 0. The summed E-state index contributed by atoms with van der Waals surface area (Å²) in [6, 6.07) is -0.0716. The first kappa shape index (κ1) is 10.6. The van der Waals surface area contributed by atoms with E-state index in [4.69, 9.17) is 0 Å². The number of likely N-dealkylation sites (N-methyl/N-ethyl adjacent to an activating group) is 1. The lowest BCUT2D eigenvalue weighted by Gasteiger charge is -2.21. The molecule has 4 heteroatoms. The van der Waals surface area contributed by atoms with Crippen LogP contribution in [0.2, 0.25) is 0 Å². The van der Waals surface area contributed by atoms with Crippen LogP contribution in [0.4, 0.5) is 0 Å². The molecule has 1 saturated heterocycles. The molecule has 1 amide bonds. The van der Waals surface area contributed by atoms with Crippen molar-refractivity contribution in [1.29, 1.82) is 0 Å². The fraction of sp³-hybridized carbons (Fsp3) is 0.818. The summed E-state index contributed by atoms with van der Waals surface area (Å²) >= 11 is 0. The largest absolute Gasteiger partial charge is 0.358 e. The predicted octanol–water partition coefficient (Wildman–Crippen LogP) is 0.176. The van der Waals surface area contributed by atoms with Gasteiger partial charge in [0.15, 0.2) is 0 Å². The quantitative estimate of drug-likeness (QED) is 0.720. The number of Topliss-reactive ketones (excluding diaryl/α,β-unsaturated/α-hetero) is 1. The zero-order chi connectivity index (χ0) is 10.8. The van der Waals surface area contributed by atoms with Crippen LogP contribution >= 0.6 is 0 Å². The molecule has 0 aromatic rings. The van der Waals surface area contributed by atoms with Crippen molar-refractivity contribution in [2.24, 2.45) is 5.92 Å². The summed E-state index contributed by atoms with van der Waals surface area (Å²) in [5, 5.41) is 2.66. The van der Waals surface area contributed by atoms with Crippen molar-refractivity contribution in [2.45, 2.75) is 31.7 Å². The van der Waals surface area contributed by atoms with Gasteiger partial charge in [-0.3, -0.25) is 14.5 Å². The molecule has 0 aromatic carbocycles. The number of nitrogens with zero attached hydrogens (tertiary/aromatic N) is 1. The van der Waals surface area contributed by atoms with Crippen LogP contribution in [0.15, 0.2) is 0 Å².